The maximum Gasteiger partial charge on any atom is 0.408 e. The van der Waals surface area contributed by atoms with Crippen LogP contribution in [-0.2, 0) is 47.6 Å². The number of rotatable bonds is 11. The quantitative estimate of drug-likeness (QED) is 0.140. The van der Waals surface area contributed by atoms with Crippen LogP contribution in [0.5, 0.6) is 0 Å². The van der Waals surface area contributed by atoms with Crippen molar-refractivity contribution in [3.8, 4) is 0 Å². The van der Waals surface area contributed by atoms with Crippen molar-refractivity contribution in [3.05, 3.63) is 71.2 Å². The van der Waals surface area contributed by atoms with Crippen molar-refractivity contribution in [2.45, 2.75) is 147 Å². The van der Waals surface area contributed by atoms with Crippen molar-refractivity contribution in [1.29, 1.82) is 0 Å². The van der Waals surface area contributed by atoms with E-state index in [0.29, 0.717) is 6.42 Å². The van der Waals surface area contributed by atoms with E-state index in [4.69, 9.17) is 32.8 Å². The molecule has 4 aliphatic rings. The summed E-state index contributed by atoms with van der Waals surface area (Å²) in [6.45, 7) is 13.4. The Labute approximate surface area is 359 Å². The van der Waals surface area contributed by atoms with Crippen LogP contribution in [0.15, 0.2) is 64.3 Å². The molecule has 2 saturated carbocycles. The lowest BCUT2D eigenvalue weighted by atomic mass is 9.44. The molecule has 2 unspecified atom stereocenters. The third-order valence-electron chi connectivity index (χ3n) is 12.9. The molecule has 6 rings (SSSR count). The summed E-state index contributed by atoms with van der Waals surface area (Å²) in [5, 5.41) is 39.8. The number of hydrogen-bond donors (Lipinski definition) is 4. The summed E-state index contributed by atoms with van der Waals surface area (Å²) in [4.78, 5) is 83.5. The molecular formula is C45H57NO16. The lowest BCUT2D eigenvalue weighted by Crippen LogP contribution is -2.82. The van der Waals surface area contributed by atoms with Crippen LogP contribution in [-0.4, -0.2) is 111 Å². The Bertz CT molecular complexity index is 2090. The topological polar surface area (TPSA) is 244 Å². The van der Waals surface area contributed by atoms with E-state index < -0.39 is 118 Å². The molecule has 1 aromatic heterocycles. The number of alkyl carbamates (subject to hydrolysis) is 1. The maximum absolute atomic E-state index is 15.5. The molecule has 2 heterocycles. The number of hydrogen-bond acceptors (Lipinski definition) is 16. The molecule has 4 N–H and O–H groups in total. The van der Waals surface area contributed by atoms with Gasteiger partial charge in [-0.05, 0) is 76.5 Å². The van der Waals surface area contributed by atoms with Crippen molar-refractivity contribution in [1.82, 2.24) is 5.32 Å². The SMILES string of the molecule is CCCC(=O)O[C@@]12CO[C@@H]1C[C@H](O)[C@@]1(C)C(=O)[C@H](OC(C)=O)C3=C(C)[C@@H](OC(=O)[C@H](O)C(NC(=O)OC(C)(C)C)c4ccco4)C[C@@](O)([C@@H](OC(=O)c4ccccc4)C12)C3(C)C. The van der Waals surface area contributed by atoms with E-state index in [2.05, 4.69) is 5.32 Å². The van der Waals surface area contributed by atoms with Gasteiger partial charge in [0.25, 0.3) is 0 Å². The van der Waals surface area contributed by atoms with Crippen LogP contribution in [0.2, 0.25) is 0 Å². The number of benzene rings is 1. The van der Waals surface area contributed by atoms with Crippen LogP contribution in [0.25, 0.3) is 0 Å². The van der Waals surface area contributed by atoms with Gasteiger partial charge in [-0.1, -0.05) is 39.0 Å². The first-order valence-corrected chi connectivity index (χ1v) is 20.8. The molecule has 338 valence electrons. The molecule has 1 amide bonds. The standard InChI is InChI=1S/C45H57NO16/c1-10-15-30(49)61-44-22-57-29(44)20-28(48)43(9)35(44)37(60-38(52)25-16-12-11-13-17-25)45(55)21-27(23(2)31(42(45,7)8)34(36(43)51)58-24(3)47)59-39(53)33(50)32(26-18-14-19-56-26)46-40(54)62-41(4,5)6/h11-14,16-19,27-29,32-35,37,48,50,55H,10,15,20-22H2,1-9H3,(H,46,54)/t27-,28-,29+,32?,33+,34+,35?,37-,43+,44-,45+/m0/s1. The molecule has 1 saturated heterocycles. The summed E-state index contributed by atoms with van der Waals surface area (Å²) in [6.07, 6.45) is -10.1. The highest BCUT2D eigenvalue weighted by Crippen LogP contribution is 2.64. The number of Topliss-reactive ketones (excluding diaryl/α,β-unsaturated/α-hetero) is 1. The first-order valence-electron chi connectivity index (χ1n) is 20.8. The van der Waals surface area contributed by atoms with Crippen LogP contribution < -0.4 is 5.32 Å². The minimum Gasteiger partial charge on any atom is -0.467 e. The first kappa shape index (κ1) is 46.4. The zero-order valence-corrected chi connectivity index (χ0v) is 36.4. The number of fused-ring (bicyclic) bond motifs is 5. The Kier molecular flexibility index (Phi) is 12.6. The van der Waals surface area contributed by atoms with E-state index in [1.165, 1.54) is 44.4 Å². The molecule has 17 heteroatoms. The van der Waals surface area contributed by atoms with Gasteiger partial charge in [-0.15, -0.1) is 0 Å². The van der Waals surface area contributed by atoms with Gasteiger partial charge in [0.2, 0.25) is 0 Å². The zero-order chi connectivity index (χ0) is 45.7. The molecular weight excluding hydrogens is 810 g/mol. The summed E-state index contributed by atoms with van der Waals surface area (Å²) in [7, 11) is 0. The number of aliphatic hydroxyl groups is 3. The minimum atomic E-state index is -2.41. The van der Waals surface area contributed by atoms with E-state index in [-0.39, 0.29) is 41.9 Å². The smallest absolute Gasteiger partial charge is 0.408 e. The molecule has 0 spiro atoms. The van der Waals surface area contributed by atoms with Crippen molar-refractivity contribution in [2.75, 3.05) is 6.61 Å². The van der Waals surface area contributed by atoms with Gasteiger partial charge in [-0.3, -0.25) is 14.4 Å². The van der Waals surface area contributed by atoms with Gasteiger partial charge in [0.1, 0.15) is 41.3 Å². The highest BCUT2D eigenvalue weighted by atomic mass is 16.6. The van der Waals surface area contributed by atoms with E-state index in [9.17, 15) is 39.3 Å². The molecule has 1 aliphatic heterocycles. The third kappa shape index (κ3) is 8.03. The number of aliphatic hydroxyl groups excluding tert-OH is 2. The molecule has 11 atom stereocenters. The molecule has 2 bridgehead atoms. The number of amides is 1. The summed E-state index contributed by atoms with van der Waals surface area (Å²) in [5.74, 6) is -6.29. The summed E-state index contributed by atoms with van der Waals surface area (Å²) < 4.78 is 41.3. The predicted octanol–water partition coefficient (Wildman–Crippen LogP) is 4.20. The van der Waals surface area contributed by atoms with Crippen molar-refractivity contribution in [2.24, 2.45) is 16.7 Å². The van der Waals surface area contributed by atoms with Crippen LogP contribution >= 0.6 is 0 Å². The van der Waals surface area contributed by atoms with Gasteiger partial charge < -0.3 is 53.5 Å². The lowest BCUT2D eigenvalue weighted by molar-refractivity contribution is -0.346. The molecule has 62 heavy (non-hydrogen) atoms. The first-order chi connectivity index (χ1) is 28.9. The summed E-state index contributed by atoms with van der Waals surface area (Å²) in [5.41, 5.74) is -8.71. The Morgan fingerprint density at radius 3 is 2.24 bits per heavy atom. The van der Waals surface area contributed by atoms with E-state index >= 15 is 4.79 Å². The maximum atomic E-state index is 15.5. The summed E-state index contributed by atoms with van der Waals surface area (Å²) in [6, 6.07) is 9.17. The molecule has 2 aromatic rings. The molecule has 0 radical (unpaired) electrons. The molecule has 3 fully saturated rings. The van der Waals surface area contributed by atoms with Gasteiger partial charge in [0.05, 0.1) is 35.9 Å². The Morgan fingerprint density at radius 1 is 1.00 bits per heavy atom. The molecule has 1 aromatic carbocycles. The van der Waals surface area contributed by atoms with Crippen molar-refractivity contribution >= 4 is 35.8 Å². The van der Waals surface area contributed by atoms with Gasteiger partial charge >= 0.3 is 30.0 Å². The fourth-order valence-electron chi connectivity index (χ4n) is 9.77. The molecule has 17 nitrogen and oxygen atoms in total. The van der Waals surface area contributed by atoms with Gasteiger partial charge in [-0.25, -0.2) is 14.4 Å². The van der Waals surface area contributed by atoms with Crippen molar-refractivity contribution in [3.63, 3.8) is 0 Å². The second-order valence-electron chi connectivity index (χ2n) is 18.4. The highest BCUT2D eigenvalue weighted by molar-refractivity contribution is 5.95. The third-order valence-corrected chi connectivity index (χ3v) is 12.9. The zero-order valence-electron chi connectivity index (χ0n) is 36.4. The Morgan fingerprint density at radius 2 is 1.68 bits per heavy atom. The Hall–Kier alpha value is -5.10. The normalized spacial score (nSPS) is 32.2. The highest BCUT2D eigenvalue weighted by Gasteiger charge is 2.78. The molecule has 3 aliphatic carbocycles. The summed E-state index contributed by atoms with van der Waals surface area (Å²) >= 11 is 0. The van der Waals surface area contributed by atoms with Crippen LogP contribution in [0.3, 0.4) is 0 Å². The van der Waals surface area contributed by atoms with Crippen LogP contribution in [0.4, 0.5) is 4.79 Å². The number of esters is 4. The van der Waals surface area contributed by atoms with Gasteiger partial charge in [0, 0.05) is 31.6 Å². The van der Waals surface area contributed by atoms with Gasteiger partial charge in [0.15, 0.2) is 23.6 Å². The second-order valence-corrected chi connectivity index (χ2v) is 18.4. The Balaban J connectivity index is 1.54. The monoisotopic (exact) mass is 867 g/mol. The number of carbonyl (C=O) groups excluding carboxylic acids is 6. The van der Waals surface area contributed by atoms with E-state index in [1.807, 2.05) is 0 Å². The van der Waals surface area contributed by atoms with Crippen LogP contribution in [0, 0.1) is 16.7 Å². The number of nitrogens with one attached hydrogen (secondary N) is 1. The fourth-order valence-corrected chi connectivity index (χ4v) is 9.77. The fraction of sp³-hybridized carbons (Fsp3) is 0.600. The average Bonchev–Trinajstić information content (AvgIpc) is 3.72. The van der Waals surface area contributed by atoms with Crippen molar-refractivity contribution < 1.29 is 76.9 Å². The van der Waals surface area contributed by atoms with E-state index in [1.54, 1.807) is 59.7 Å². The second kappa shape index (κ2) is 16.9. The van der Waals surface area contributed by atoms with Gasteiger partial charge in [-0.2, -0.15) is 0 Å². The lowest BCUT2D eigenvalue weighted by Gasteiger charge is -2.67. The average molecular weight is 868 g/mol. The largest absolute Gasteiger partial charge is 0.467 e. The predicted molar refractivity (Wildman–Crippen MR) is 215 cm³/mol. The number of carbonyl (C=O) groups is 6. The number of furan rings is 1. The van der Waals surface area contributed by atoms with Crippen LogP contribution in [0.1, 0.15) is 110 Å². The number of ether oxygens (including phenoxy) is 6. The number of ketones is 1. The minimum absolute atomic E-state index is 0.0233. The van der Waals surface area contributed by atoms with E-state index in [0.717, 1.165) is 6.92 Å².